The van der Waals surface area contributed by atoms with Crippen molar-refractivity contribution in [1.29, 1.82) is 0 Å². The fourth-order valence-electron chi connectivity index (χ4n) is 3.35. The van der Waals surface area contributed by atoms with Crippen molar-refractivity contribution in [3.63, 3.8) is 0 Å². The van der Waals surface area contributed by atoms with Gasteiger partial charge in [-0.05, 0) is 29.2 Å². The molecule has 1 aromatic heterocycles. The Hall–Kier alpha value is -3.48. The third-order valence-corrected chi connectivity index (χ3v) is 4.91. The van der Waals surface area contributed by atoms with Crippen molar-refractivity contribution in [3.05, 3.63) is 71.8 Å². The predicted molar refractivity (Wildman–Crippen MR) is 114 cm³/mol. The van der Waals surface area contributed by atoms with E-state index in [0.717, 1.165) is 23.2 Å². The molecule has 1 heterocycles. The van der Waals surface area contributed by atoms with E-state index in [2.05, 4.69) is 16.4 Å². The zero-order valence-electron chi connectivity index (χ0n) is 17.6. The van der Waals surface area contributed by atoms with Crippen LogP contribution in [-0.4, -0.2) is 36.8 Å². The highest BCUT2D eigenvalue weighted by atomic mass is 16.5. The maximum atomic E-state index is 12.5. The normalized spacial score (nSPS) is 10.5. The molecule has 7 nitrogen and oxygen atoms in total. The third-order valence-electron chi connectivity index (χ3n) is 4.91. The molecule has 30 heavy (non-hydrogen) atoms. The average molecular weight is 409 g/mol. The topological polar surface area (TPSA) is 74.6 Å². The van der Waals surface area contributed by atoms with Crippen LogP contribution in [0.1, 0.15) is 23.1 Å². The average Bonchev–Trinajstić information content (AvgIpc) is 3.29. The van der Waals surface area contributed by atoms with Crippen LogP contribution in [-0.2, 0) is 24.3 Å². The molecule has 1 N–H and O–H groups in total. The fraction of sp³-hybridized carbons (Fsp3) is 0.304. The van der Waals surface area contributed by atoms with Crippen LogP contribution in [0.3, 0.4) is 0 Å². The standard InChI is InChI=1S/C23H27N3O4/c1-28-20-10-8-17(22(29-2)23(20)30-3)9-11-21(27)25-14-18-6-4-5-7-19(18)15-26-13-12-24-16-26/h4-8,10,12-13,16H,9,11,14-15H2,1-3H3,(H,25,27). The van der Waals surface area contributed by atoms with E-state index < -0.39 is 0 Å². The molecule has 158 valence electrons. The molecule has 7 heteroatoms. The lowest BCUT2D eigenvalue weighted by Crippen LogP contribution is -2.24. The molecule has 0 saturated carbocycles. The molecule has 0 aliphatic carbocycles. The van der Waals surface area contributed by atoms with E-state index in [0.29, 0.717) is 36.6 Å². The van der Waals surface area contributed by atoms with E-state index in [1.54, 1.807) is 33.9 Å². The zero-order valence-corrected chi connectivity index (χ0v) is 17.6. The first-order chi connectivity index (χ1) is 14.7. The molecule has 0 aliphatic heterocycles. The number of aryl methyl sites for hydroxylation is 1. The van der Waals surface area contributed by atoms with Gasteiger partial charge in [-0.3, -0.25) is 4.79 Å². The van der Waals surface area contributed by atoms with Gasteiger partial charge in [-0.25, -0.2) is 4.98 Å². The van der Waals surface area contributed by atoms with Crippen LogP contribution in [0.5, 0.6) is 17.2 Å². The maximum absolute atomic E-state index is 12.5. The molecular formula is C23H27N3O4. The number of methoxy groups -OCH3 is 3. The monoisotopic (exact) mass is 409 g/mol. The number of benzene rings is 2. The summed E-state index contributed by atoms with van der Waals surface area (Å²) in [6.07, 6.45) is 6.34. The number of carbonyl (C=O) groups is 1. The summed E-state index contributed by atoms with van der Waals surface area (Å²) in [5.74, 6) is 1.70. The van der Waals surface area contributed by atoms with Gasteiger partial charge >= 0.3 is 0 Å². The number of nitrogens with zero attached hydrogens (tertiary/aromatic N) is 2. The number of rotatable bonds is 10. The number of hydrogen-bond acceptors (Lipinski definition) is 5. The van der Waals surface area contributed by atoms with Crippen LogP contribution in [0.15, 0.2) is 55.1 Å². The van der Waals surface area contributed by atoms with Gasteiger partial charge in [0.15, 0.2) is 11.5 Å². The largest absolute Gasteiger partial charge is 0.493 e. The second-order valence-electron chi connectivity index (χ2n) is 6.77. The van der Waals surface area contributed by atoms with Gasteiger partial charge in [-0.2, -0.15) is 0 Å². The van der Waals surface area contributed by atoms with Crippen LogP contribution < -0.4 is 19.5 Å². The van der Waals surface area contributed by atoms with Crippen LogP contribution in [0.4, 0.5) is 0 Å². The van der Waals surface area contributed by atoms with Crippen molar-refractivity contribution in [3.8, 4) is 17.2 Å². The lowest BCUT2D eigenvalue weighted by Gasteiger charge is -2.16. The first kappa shape index (κ1) is 21.2. The van der Waals surface area contributed by atoms with Crippen LogP contribution >= 0.6 is 0 Å². The van der Waals surface area contributed by atoms with E-state index in [9.17, 15) is 4.79 Å². The van der Waals surface area contributed by atoms with Gasteiger partial charge in [-0.1, -0.05) is 30.3 Å². The summed E-state index contributed by atoms with van der Waals surface area (Å²) in [4.78, 5) is 16.6. The highest BCUT2D eigenvalue weighted by molar-refractivity contribution is 5.76. The molecule has 0 aliphatic rings. The number of amides is 1. The number of hydrogen-bond donors (Lipinski definition) is 1. The van der Waals surface area contributed by atoms with Crippen molar-refractivity contribution in [2.75, 3.05) is 21.3 Å². The first-order valence-corrected chi connectivity index (χ1v) is 9.73. The van der Waals surface area contributed by atoms with Gasteiger partial charge in [0.2, 0.25) is 11.7 Å². The molecule has 0 saturated heterocycles. The Kier molecular flexibility index (Phi) is 7.32. The summed E-state index contributed by atoms with van der Waals surface area (Å²) in [6, 6.07) is 11.8. The Balaban J connectivity index is 1.60. The lowest BCUT2D eigenvalue weighted by molar-refractivity contribution is -0.121. The number of nitrogens with one attached hydrogen (secondary N) is 1. The van der Waals surface area contributed by atoms with Crippen LogP contribution in [0, 0.1) is 0 Å². The Bertz CT molecular complexity index is 971. The Labute approximate surface area is 176 Å². The summed E-state index contributed by atoms with van der Waals surface area (Å²) in [5.41, 5.74) is 3.13. The highest BCUT2D eigenvalue weighted by Gasteiger charge is 2.16. The molecule has 3 rings (SSSR count). The van der Waals surface area contributed by atoms with E-state index in [4.69, 9.17) is 14.2 Å². The van der Waals surface area contributed by atoms with E-state index >= 15 is 0 Å². The Morgan fingerprint density at radius 3 is 2.40 bits per heavy atom. The molecule has 1 amide bonds. The summed E-state index contributed by atoms with van der Waals surface area (Å²) in [6.45, 7) is 1.20. The fourth-order valence-corrected chi connectivity index (χ4v) is 3.35. The highest BCUT2D eigenvalue weighted by Crippen LogP contribution is 2.40. The van der Waals surface area contributed by atoms with E-state index in [1.807, 2.05) is 41.1 Å². The van der Waals surface area contributed by atoms with Crippen LogP contribution in [0.25, 0.3) is 0 Å². The molecule has 0 bridgehead atoms. The number of imidazole rings is 1. The van der Waals surface area contributed by atoms with Crippen molar-refractivity contribution < 1.29 is 19.0 Å². The number of aromatic nitrogens is 2. The second-order valence-corrected chi connectivity index (χ2v) is 6.77. The minimum absolute atomic E-state index is 0.0238. The summed E-state index contributed by atoms with van der Waals surface area (Å²) in [7, 11) is 4.73. The Morgan fingerprint density at radius 1 is 0.967 bits per heavy atom. The SMILES string of the molecule is COc1ccc(CCC(=O)NCc2ccccc2Cn2ccnc2)c(OC)c1OC. The Morgan fingerprint density at radius 2 is 1.73 bits per heavy atom. The summed E-state index contributed by atoms with van der Waals surface area (Å²) in [5, 5.41) is 3.02. The van der Waals surface area contributed by atoms with Gasteiger partial charge in [-0.15, -0.1) is 0 Å². The predicted octanol–water partition coefficient (Wildman–Crippen LogP) is 3.21. The van der Waals surface area contributed by atoms with Gasteiger partial charge in [0, 0.05) is 31.9 Å². The van der Waals surface area contributed by atoms with E-state index in [-0.39, 0.29) is 5.91 Å². The minimum atomic E-state index is -0.0238. The molecule has 0 atom stereocenters. The summed E-state index contributed by atoms with van der Waals surface area (Å²) < 4.78 is 18.2. The van der Waals surface area contributed by atoms with Crippen molar-refractivity contribution in [2.45, 2.75) is 25.9 Å². The summed E-state index contributed by atoms with van der Waals surface area (Å²) >= 11 is 0. The molecule has 2 aromatic carbocycles. The van der Waals surface area contributed by atoms with Crippen LogP contribution in [0.2, 0.25) is 0 Å². The van der Waals surface area contributed by atoms with Gasteiger partial charge in [0.05, 0.1) is 27.7 Å². The maximum Gasteiger partial charge on any atom is 0.220 e. The van der Waals surface area contributed by atoms with Crippen molar-refractivity contribution in [2.24, 2.45) is 0 Å². The van der Waals surface area contributed by atoms with Crippen molar-refractivity contribution >= 4 is 5.91 Å². The second kappa shape index (κ2) is 10.3. The molecule has 0 fully saturated rings. The smallest absolute Gasteiger partial charge is 0.220 e. The molecule has 0 radical (unpaired) electrons. The van der Waals surface area contributed by atoms with Gasteiger partial charge in [0.25, 0.3) is 0 Å². The van der Waals surface area contributed by atoms with Crippen molar-refractivity contribution in [1.82, 2.24) is 14.9 Å². The zero-order chi connectivity index (χ0) is 21.3. The van der Waals surface area contributed by atoms with Gasteiger partial charge < -0.3 is 24.1 Å². The number of ether oxygens (including phenoxy) is 3. The van der Waals surface area contributed by atoms with Gasteiger partial charge in [0.1, 0.15) is 0 Å². The number of carbonyl (C=O) groups excluding carboxylic acids is 1. The minimum Gasteiger partial charge on any atom is -0.493 e. The quantitative estimate of drug-likeness (QED) is 0.557. The third kappa shape index (κ3) is 5.11. The molecule has 3 aromatic rings. The molecular weight excluding hydrogens is 382 g/mol. The lowest BCUT2D eigenvalue weighted by atomic mass is 10.1. The van der Waals surface area contributed by atoms with E-state index in [1.165, 1.54) is 0 Å². The molecule has 0 unspecified atom stereocenters. The molecule has 0 spiro atoms. The first-order valence-electron chi connectivity index (χ1n) is 9.73.